The third-order valence-corrected chi connectivity index (χ3v) is 3.15. The number of halogens is 1. The van der Waals surface area contributed by atoms with Gasteiger partial charge in [0.25, 0.3) is 0 Å². The average molecular weight is 352 g/mol. The zero-order valence-electron chi connectivity index (χ0n) is 11.6. The lowest BCUT2D eigenvalue weighted by atomic mass is 10.1. The highest BCUT2D eigenvalue weighted by atomic mass is 79.9. The van der Waals surface area contributed by atoms with E-state index in [9.17, 15) is 4.79 Å². The van der Waals surface area contributed by atoms with Crippen LogP contribution in [0.4, 0.5) is 5.95 Å². The van der Waals surface area contributed by atoms with Crippen LogP contribution in [0.1, 0.15) is 15.9 Å². The van der Waals surface area contributed by atoms with Crippen molar-refractivity contribution in [1.29, 1.82) is 0 Å². The lowest BCUT2D eigenvalue weighted by Gasteiger charge is -2.10. The van der Waals surface area contributed by atoms with Gasteiger partial charge in [0, 0.05) is 18.9 Å². The molecule has 0 atom stereocenters. The zero-order chi connectivity index (χ0) is 15.2. The average Bonchev–Trinajstić information content (AvgIpc) is 2.53. The van der Waals surface area contributed by atoms with E-state index < -0.39 is 5.97 Å². The van der Waals surface area contributed by atoms with Crippen LogP contribution < -0.4 is 10.1 Å². The second-order valence-electron chi connectivity index (χ2n) is 4.10. The quantitative estimate of drug-likeness (QED) is 0.834. The number of esters is 1. The van der Waals surface area contributed by atoms with Crippen molar-refractivity contribution in [3.8, 4) is 5.75 Å². The van der Waals surface area contributed by atoms with Crippen molar-refractivity contribution in [3.05, 3.63) is 46.2 Å². The molecule has 0 radical (unpaired) electrons. The minimum atomic E-state index is -0.436. The summed E-state index contributed by atoms with van der Waals surface area (Å²) in [5.74, 6) is 0.549. The third kappa shape index (κ3) is 3.91. The van der Waals surface area contributed by atoms with Crippen LogP contribution in [0.3, 0.4) is 0 Å². The standard InChI is InChI=1S/C14H14BrN3O3/c1-20-12-4-3-9(5-11(12)13(19)21-2)6-16-14-17-7-10(15)8-18-14/h3-5,7-8H,6H2,1-2H3,(H,16,17,18). The van der Waals surface area contributed by atoms with Crippen LogP contribution in [0, 0.1) is 0 Å². The Balaban J connectivity index is 2.13. The molecule has 7 heteroatoms. The smallest absolute Gasteiger partial charge is 0.341 e. The fourth-order valence-electron chi connectivity index (χ4n) is 1.72. The first kappa shape index (κ1) is 15.2. The lowest BCUT2D eigenvalue weighted by molar-refractivity contribution is 0.0597. The SMILES string of the molecule is COC(=O)c1cc(CNc2ncc(Br)cn2)ccc1OC. The van der Waals surface area contributed by atoms with Crippen molar-refractivity contribution in [2.45, 2.75) is 6.54 Å². The Morgan fingerprint density at radius 1 is 1.29 bits per heavy atom. The molecule has 2 rings (SSSR count). The predicted octanol–water partition coefficient (Wildman–Crippen LogP) is 2.65. The van der Waals surface area contributed by atoms with Crippen LogP contribution in [-0.2, 0) is 11.3 Å². The van der Waals surface area contributed by atoms with Crippen molar-refractivity contribution in [1.82, 2.24) is 9.97 Å². The number of ether oxygens (including phenoxy) is 2. The summed E-state index contributed by atoms with van der Waals surface area (Å²) >= 11 is 3.27. The summed E-state index contributed by atoms with van der Waals surface area (Å²) in [5, 5.41) is 3.07. The zero-order valence-corrected chi connectivity index (χ0v) is 13.2. The number of hydrogen-bond acceptors (Lipinski definition) is 6. The maximum atomic E-state index is 11.7. The summed E-state index contributed by atoms with van der Waals surface area (Å²) < 4.78 is 10.7. The third-order valence-electron chi connectivity index (χ3n) is 2.74. The number of nitrogens with one attached hydrogen (secondary N) is 1. The summed E-state index contributed by atoms with van der Waals surface area (Å²) in [6.07, 6.45) is 3.31. The molecule has 2 aromatic rings. The van der Waals surface area contributed by atoms with Gasteiger partial charge in [-0.1, -0.05) is 6.07 Å². The van der Waals surface area contributed by atoms with Crippen LogP contribution >= 0.6 is 15.9 Å². The van der Waals surface area contributed by atoms with E-state index in [1.807, 2.05) is 6.07 Å². The Hall–Kier alpha value is -2.15. The fourth-order valence-corrected chi connectivity index (χ4v) is 1.92. The first-order valence-corrected chi connectivity index (χ1v) is 6.90. The summed E-state index contributed by atoms with van der Waals surface area (Å²) in [4.78, 5) is 19.9. The Bertz CT molecular complexity index is 632. The van der Waals surface area contributed by atoms with Gasteiger partial charge >= 0.3 is 5.97 Å². The molecular weight excluding hydrogens is 338 g/mol. The molecule has 1 aromatic heterocycles. The molecule has 21 heavy (non-hydrogen) atoms. The number of aromatic nitrogens is 2. The van der Waals surface area contributed by atoms with Gasteiger partial charge in [-0.25, -0.2) is 14.8 Å². The highest BCUT2D eigenvalue weighted by Crippen LogP contribution is 2.21. The molecule has 0 fully saturated rings. The van der Waals surface area contributed by atoms with E-state index in [4.69, 9.17) is 9.47 Å². The summed E-state index contributed by atoms with van der Waals surface area (Å²) in [5.41, 5.74) is 1.28. The number of anilines is 1. The number of methoxy groups -OCH3 is 2. The maximum absolute atomic E-state index is 11.7. The number of rotatable bonds is 5. The molecule has 0 aliphatic rings. The highest BCUT2D eigenvalue weighted by molar-refractivity contribution is 9.10. The Labute approximate surface area is 130 Å². The molecule has 0 unspecified atom stereocenters. The monoisotopic (exact) mass is 351 g/mol. The Morgan fingerprint density at radius 2 is 2.00 bits per heavy atom. The first-order valence-electron chi connectivity index (χ1n) is 6.10. The molecule has 0 aliphatic carbocycles. The largest absolute Gasteiger partial charge is 0.496 e. The maximum Gasteiger partial charge on any atom is 0.341 e. The van der Waals surface area contributed by atoms with Crippen LogP contribution in [0.15, 0.2) is 35.1 Å². The van der Waals surface area contributed by atoms with Crippen LogP contribution in [0.25, 0.3) is 0 Å². The highest BCUT2D eigenvalue weighted by Gasteiger charge is 2.13. The van der Waals surface area contributed by atoms with Crippen molar-refractivity contribution in [3.63, 3.8) is 0 Å². The molecule has 6 nitrogen and oxygen atoms in total. The van der Waals surface area contributed by atoms with E-state index in [1.165, 1.54) is 14.2 Å². The predicted molar refractivity (Wildman–Crippen MR) is 81.4 cm³/mol. The summed E-state index contributed by atoms with van der Waals surface area (Å²) in [6, 6.07) is 5.30. The number of nitrogens with zero attached hydrogens (tertiary/aromatic N) is 2. The molecule has 0 amide bonds. The molecule has 0 saturated heterocycles. The second kappa shape index (κ2) is 7.03. The number of carbonyl (C=O) groups excluding carboxylic acids is 1. The van der Waals surface area contributed by atoms with Gasteiger partial charge in [0.1, 0.15) is 11.3 Å². The molecule has 0 bridgehead atoms. The number of hydrogen-bond donors (Lipinski definition) is 1. The molecule has 0 aliphatic heterocycles. The minimum absolute atomic E-state index is 0.385. The molecular formula is C14H14BrN3O3. The number of benzene rings is 1. The fraction of sp³-hybridized carbons (Fsp3) is 0.214. The van der Waals surface area contributed by atoms with Crippen molar-refractivity contribution in [2.75, 3.05) is 19.5 Å². The molecule has 1 heterocycles. The summed E-state index contributed by atoms with van der Waals surface area (Å²) in [6.45, 7) is 0.482. The van der Waals surface area contributed by atoms with E-state index in [1.54, 1.807) is 24.5 Å². The van der Waals surface area contributed by atoms with E-state index in [0.717, 1.165) is 10.0 Å². The van der Waals surface area contributed by atoms with Crippen LogP contribution in [0.5, 0.6) is 5.75 Å². The van der Waals surface area contributed by atoms with Gasteiger partial charge in [0.15, 0.2) is 0 Å². The molecule has 0 spiro atoms. The minimum Gasteiger partial charge on any atom is -0.496 e. The second-order valence-corrected chi connectivity index (χ2v) is 5.02. The van der Waals surface area contributed by atoms with Crippen LogP contribution in [-0.4, -0.2) is 30.2 Å². The normalized spacial score (nSPS) is 10.0. The van der Waals surface area contributed by atoms with Crippen molar-refractivity contribution in [2.24, 2.45) is 0 Å². The van der Waals surface area contributed by atoms with Gasteiger partial charge in [-0.3, -0.25) is 0 Å². The van der Waals surface area contributed by atoms with E-state index in [0.29, 0.717) is 23.8 Å². The van der Waals surface area contributed by atoms with E-state index >= 15 is 0 Å². The topological polar surface area (TPSA) is 73.3 Å². The Morgan fingerprint density at radius 3 is 2.62 bits per heavy atom. The molecule has 110 valence electrons. The van der Waals surface area contributed by atoms with Gasteiger partial charge in [0.2, 0.25) is 5.95 Å². The molecule has 1 aromatic carbocycles. The number of carbonyl (C=O) groups is 1. The lowest BCUT2D eigenvalue weighted by Crippen LogP contribution is -2.07. The molecule has 1 N–H and O–H groups in total. The van der Waals surface area contributed by atoms with Crippen molar-refractivity contribution < 1.29 is 14.3 Å². The van der Waals surface area contributed by atoms with Gasteiger partial charge in [-0.15, -0.1) is 0 Å². The molecule has 0 saturated carbocycles. The van der Waals surface area contributed by atoms with E-state index in [-0.39, 0.29) is 0 Å². The van der Waals surface area contributed by atoms with Gasteiger partial charge in [-0.05, 0) is 33.6 Å². The van der Waals surface area contributed by atoms with E-state index in [2.05, 4.69) is 31.2 Å². The van der Waals surface area contributed by atoms with Gasteiger partial charge in [-0.2, -0.15) is 0 Å². The van der Waals surface area contributed by atoms with Gasteiger partial charge in [0.05, 0.1) is 18.7 Å². The van der Waals surface area contributed by atoms with Crippen LogP contribution in [0.2, 0.25) is 0 Å². The summed E-state index contributed by atoms with van der Waals surface area (Å²) in [7, 11) is 2.84. The first-order chi connectivity index (χ1) is 10.1. The Kier molecular flexibility index (Phi) is 5.10. The van der Waals surface area contributed by atoms with Gasteiger partial charge < -0.3 is 14.8 Å². The van der Waals surface area contributed by atoms with Crippen molar-refractivity contribution >= 4 is 27.8 Å².